The van der Waals surface area contributed by atoms with Crippen LogP contribution in [0.4, 0.5) is 13.2 Å². The van der Waals surface area contributed by atoms with E-state index in [0.717, 1.165) is 32.5 Å². The minimum Gasteiger partial charge on any atom is -0.475 e. The Labute approximate surface area is 188 Å². The largest absolute Gasteiger partial charge is 0.490 e. The zero-order valence-electron chi connectivity index (χ0n) is 18.1. The van der Waals surface area contributed by atoms with Gasteiger partial charge in [0.05, 0.1) is 24.0 Å². The molecule has 4 rings (SSSR count). The molecule has 2 aromatic heterocycles. The first kappa shape index (κ1) is 24.6. The number of pyridine rings is 1. The van der Waals surface area contributed by atoms with E-state index in [-0.39, 0.29) is 11.5 Å². The van der Waals surface area contributed by atoms with Crippen molar-refractivity contribution < 1.29 is 32.6 Å². The van der Waals surface area contributed by atoms with Crippen molar-refractivity contribution in [1.29, 1.82) is 0 Å². The molecule has 1 unspecified atom stereocenters. The lowest BCUT2D eigenvalue weighted by molar-refractivity contribution is -0.192. The molecular formula is C21H26F3N5O4. The summed E-state index contributed by atoms with van der Waals surface area (Å²) in [6.07, 6.45) is 4.12. The van der Waals surface area contributed by atoms with Crippen LogP contribution >= 0.6 is 0 Å². The second kappa shape index (κ2) is 10.3. The SMILES string of the molecule is Cn1cc(C(=O)NCC2CCC3(CN(Cc4cccnc4)C3)OC2)cn1.O=C(O)C(F)(F)F. The molecule has 2 N–H and O–H groups in total. The number of aromatic nitrogens is 3. The second-order valence-corrected chi connectivity index (χ2v) is 8.32. The number of carboxylic acid groups (broad SMARTS) is 1. The van der Waals surface area contributed by atoms with E-state index in [2.05, 4.69) is 26.4 Å². The summed E-state index contributed by atoms with van der Waals surface area (Å²) in [6.45, 7) is 4.27. The minimum absolute atomic E-state index is 0.0199. The Bertz CT molecular complexity index is 935. The maximum Gasteiger partial charge on any atom is 0.490 e. The lowest BCUT2D eigenvalue weighted by Crippen LogP contribution is -2.64. The lowest BCUT2D eigenvalue weighted by Gasteiger charge is -2.53. The van der Waals surface area contributed by atoms with Crippen LogP contribution in [0.25, 0.3) is 0 Å². The van der Waals surface area contributed by atoms with E-state index < -0.39 is 12.1 Å². The number of carbonyl (C=O) groups excluding carboxylic acids is 1. The molecular weight excluding hydrogens is 443 g/mol. The molecule has 180 valence electrons. The van der Waals surface area contributed by atoms with Gasteiger partial charge in [0.1, 0.15) is 0 Å². The van der Waals surface area contributed by atoms with E-state index in [1.807, 2.05) is 12.3 Å². The summed E-state index contributed by atoms with van der Waals surface area (Å²) in [7, 11) is 1.81. The molecule has 0 bridgehead atoms. The summed E-state index contributed by atoms with van der Waals surface area (Å²) in [4.78, 5) is 27.6. The first-order valence-corrected chi connectivity index (χ1v) is 10.4. The van der Waals surface area contributed by atoms with Gasteiger partial charge >= 0.3 is 12.1 Å². The highest BCUT2D eigenvalue weighted by atomic mass is 19.4. The number of hydrogen-bond acceptors (Lipinski definition) is 6. The first-order chi connectivity index (χ1) is 15.6. The van der Waals surface area contributed by atoms with Gasteiger partial charge in [-0.1, -0.05) is 6.07 Å². The molecule has 2 saturated heterocycles. The van der Waals surface area contributed by atoms with Gasteiger partial charge < -0.3 is 15.2 Å². The number of alkyl halides is 3. The lowest BCUT2D eigenvalue weighted by atomic mass is 9.82. The van der Waals surface area contributed by atoms with Gasteiger partial charge in [-0.05, 0) is 30.4 Å². The number of nitrogens with one attached hydrogen (secondary N) is 1. The van der Waals surface area contributed by atoms with Crippen LogP contribution in [-0.4, -0.2) is 74.7 Å². The summed E-state index contributed by atoms with van der Waals surface area (Å²) in [5.74, 6) is -2.44. The van der Waals surface area contributed by atoms with Gasteiger partial charge in [-0.2, -0.15) is 18.3 Å². The Morgan fingerprint density at radius 1 is 1.33 bits per heavy atom. The van der Waals surface area contributed by atoms with Crippen LogP contribution in [0.15, 0.2) is 36.9 Å². The standard InChI is InChI=1S/C19H25N5O2.C2HF3O2/c1-23-11-17(9-22-23)18(25)21-8-16-4-5-19(26-12-16)13-24(14-19)10-15-3-2-6-20-7-15;3-2(4,5)1(6)7/h2-3,6-7,9,11,16H,4-5,8,10,12-14H2,1H3,(H,21,25);(H,6,7). The maximum absolute atomic E-state index is 12.1. The maximum atomic E-state index is 12.1. The molecule has 2 aliphatic rings. The van der Waals surface area contributed by atoms with Crippen molar-refractivity contribution in [2.45, 2.75) is 31.2 Å². The zero-order chi connectivity index (χ0) is 24.1. The molecule has 0 saturated carbocycles. The van der Waals surface area contributed by atoms with Crippen molar-refractivity contribution in [3.05, 3.63) is 48.0 Å². The van der Waals surface area contributed by atoms with Gasteiger partial charge in [0.2, 0.25) is 0 Å². The number of likely N-dealkylation sites (tertiary alicyclic amines) is 1. The number of nitrogens with zero attached hydrogens (tertiary/aromatic N) is 4. The van der Waals surface area contributed by atoms with Crippen LogP contribution in [0.2, 0.25) is 0 Å². The second-order valence-electron chi connectivity index (χ2n) is 8.32. The third-order valence-corrected chi connectivity index (χ3v) is 5.55. The van der Waals surface area contributed by atoms with Gasteiger partial charge in [-0.3, -0.25) is 19.4 Å². The highest BCUT2D eigenvalue weighted by Gasteiger charge is 2.46. The van der Waals surface area contributed by atoms with Crippen LogP contribution in [0.5, 0.6) is 0 Å². The molecule has 2 aliphatic heterocycles. The van der Waals surface area contributed by atoms with Crippen molar-refractivity contribution >= 4 is 11.9 Å². The molecule has 9 nitrogen and oxygen atoms in total. The average Bonchev–Trinajstić information content (AvgIpc) is 3.19. The van der Waals surface area contributed by atoms with Crippen molar-refractivity contribution in [2.24, 2.45) is 13.0 Å². The Kier molecular flexibility index (Phi) is 7.69. The van der Waals surface area contributed by atoms with E-state index in [9.17, 15) is 18.0 Å². The van der Waals surface area contributed by atoms with Gasteiger partial charge in [0.15, 0.2) is 0 Å². The van der Waals surface area contributed by atoms with Crippen LogP contribution in [0, 0.1) is 5.92 Å². The summed E-state index contributed by atoms with van der Waals surface area (Å²) in [5, 5.41) is 14.2. The van der Waals surface area contributed by atoms with E-state index in [1.165, 1.54) is 5.56 Å². The van der Waals surface area contributed by atoms with Crippen molar-refractivity contribution in [1.82, 2.24) is 25.0 Å². The van der Waals surface area contributed by atoms with Gasteiger partial charge in [-0.25, -0.2) is 4.79 Å². The number of rotatable bonds is 5. The molecule has 0 aromatic carbocycles. The minimum atomic E-state index is -5.08. The zero-order valence-corrected chi connectivity index (χ0v) is 18.1. The number of amides is 1. The fraction of sp³-hybridized carbons (Fsp3) is 0.524. The molecule has 4 heterocycles. The number of halogens is 3. The molecule has 1 spiro atoms. The number of ether oxygens (including phenoxy) is 1. The van der Waals surface area contributed by atoms with Gasteiger partial charge in [-0.15, -0.1) is 0 Å². The molecule has 0 aliphatic carbocycles. The van der Waals surface area contributed by atoms with Gasteiger partial charge in [0, 0.05) is 51.8 Å². The van der Waals surface area contributed by atoms with E-state index in [4.69, 9.17) is 14.6 Å². The van der Waals surface area contributed by atoms with E-state index in [1.54, 1.807) is 30.3 Å². The predicted octanol–water partition coefficient (Wildman–Crippen LogP) is 1.86. The van der Waals surface area contributed by atoms with E-state index in [0.29, 0.717) is 24.6 Å². The molecule has 1 atom stereocenters. The Balaban J connectivity index is 0.000000383. The summed E-state index contributed by atoms with van der Waals surface area (Å²) < 4.78 is 39.6. The average molecular weight is 469 g/mol. The third-order valence-electron chi connectivity index (χ3n) is 5.55. The molecule has 1 amide bonds. The number of aliphatic carboxylic acids is 1. The van der Waals surface area contributed by atoms with Gasteiger partial charge in [0.25, 0.3) is 5.91 Å². The number of aryl methyl sites for hydroxylation is 1. The molecule has 2 fully saturated rings. The van der Waals surface area contributed by atoms with E-state index >= 15 is 0 Å². The fourth-order valence-corrected chi connectivity index (χ4v) is 3.84. The number of carboxylic acids is 1. The normalized spacial score (nSPS) is 19.8. The highest BCUT2D eigenvalue weighted by molar-refractivity contribution is 5.93. The number of hydrogen-bond donors (Lipinski definition) is 2. The molecule has 12 heteroatoms. The van der Waals surface area contributed by atoms with Crippen molar-refractivity contribution in [2.75, 3.05) is 26.2 Å². The van der Waals surface area contributed by atoms with Crippen LogP contribution < -0.4 is 5.32 Å². The van der Waals surface area contributed by atoms with Crippen molar-refractivity contribution in [3.8, 4) is 0 Å². The molecule has 2 aromatic rings. The van der Waals surface area contributed by atoms with Crippen LogP contribution in [0.3, 0.4) is 0 Å². The summed E-state index contributed by atoms with van der Waals surface area (Å²) >= 11 is 0. The quantitative estimate of drug-likeness (QED) is 0.688. The van der Waals surface area contributed by atoms with Crippen LogP contribution in [-0.2, 0) is 23.1 Å². The van der Waals surface area contributed by atoms with Crippen LogP contribution in [0.1, 0.15) is 28.8 Å². The predicted molar refractivity (Wildman–Crippen MR) is 110 cm³/mol. The smallest absolute Gasteiger partial charge is 0.475 e. The fourth-order valence-electron chi connectivity index (χ4n) is 3.84. The Morgan fingerprint density at radius 2 is 2.06 bits per heavy atom. The first-order valence-electron chi connectivity index (χ1n) is 10.4. The topological polar surface area (TPSA) is 110 Å². The summed E-state index contributed by atoms with van der Waals surface area (Å²) in [6, 6.07) is 4.09. The number of carbonyl (C=O) groups is 2. The highest BCUT2D eigenvalue weighted by Crippen LogP contribution is 2.36. The van der Waals surface area contributed by atoms with Crippen molar-refractivity contribution in [3.63, 3.8) is 0 Å². The summed E-state index contributed by atoms with van der Waals surface area (Å²) in [5.41, 5.74) is 1.87. The molecule has 33 heavy (non-hydrogen) atoms. The Morgan fingerprint density at radius 3 is 2.58 bits per heavy atom. The third kappa shape index (κ3) is 6.99. The Hall–Kier alpha value is -2.99. The molecule has 0 radical (unpaired) electrons. The monoisotopic (exact) mass is 469 g/mol.